The Morgan fingerprint density at radius 1 is 0.963 bits per heavy atom. The van der Waals surface area contributed by atoms with E-state index < -0.39 is 0 Å². The van der Waals surface area contributed by atoms with E-state index in [-0.39, 0.29) is 0 Å². The predicted molar refractivity (Wildman–Crippen MR) is 115 cm³/mol. The van der Waals surface area contributed by atoms with Crippen LogP contribution in [0.15, 0.2) is 65.1 Å². The van der Waals surface area contributed by atoms with E-state index in [1.807, 2.05) is 29.6 Å². The average Bonchev–Trinajstić information content (AvgIpc) is 3.31. The molecule has 0 radical (unpaired) electrons. The van der Waals surface area contributed by atoms with Gasteiger partial charge >= 0.3 is 0 Å². The summed E-state index contributed by atoms with van der Waals surface area (Å²) in [7, 11) is 0. The van der Waals surface area contributed by atoms with Crippen molar-refractivity contribution in [1.82, 2.24) is 14.8 Å². The van der Waals surface area contributed by atoms with Crippen LogP contribution in [0.25, 0.3) is 16.4 Å². The standard InChI is InChI=1S/C20H15Cl2N3S2/c1-13-7-9-14(10-8-13)25-19(18-6-3-11-26-18)23-24-20(25)27-12-15-16(21)4-2-5-17(15)22/h2-11H,12H2,1H3. The van der Waals surface area contributed by atoms with Crippen LogP contribution >= 0.6 is 46.3 Å². The molecule has 136 valence electrons. The summed E-state index contributed by atoms with van der Waals surface area (Å²) in [6.07, 6.45) is 0. The van der Waals surface area contributed by atoms with E-state index in [2.05, 4.69) is 52.0 Å². The summed E-state index contributed by atoms with van der Waals surface area (Å²) in [5.41, 5.74) is 3.14. The summed E-state index contributed by atoms with van der Waals surface area (Å²) in [6, 6.07) is 18.0. The van der Waals surface area contributed by atoms with Crippen molar-refractivity contribution in [3.8, 4) is 16.4 Å². The fourth-order valence-corrected chi connectivity index (χ4v) is 5.05. The van der Waals surface area contributed by atoms with E-state index in [4.69, 9.17) is 23.2 Å². The van der Waals surface area contributed by atoms with Crippen molar-refractivity contribution in [3.63, 3.8) is 0 Å². The average molecular weight is 432 g/mol. The highest BCUT2D eigenvalue weighted by atomic mass is 35.5. The highest BCUT2D eigenvalue weighted by Gasteiger charge is 2.18. The minimum atomic E-state index is 0.618. The molecule has 0 aliphatic rings. The monoisotopic (exact) mass is 431 g/mol. The van der Waals surface area contributed by atoms with Gasteiger partial charge in [0.15, 0.2) is 11.0 Å². The summed E-state index contributed by atoms with van der Waals surface area (Å²) in [5, 5.41) is 13.1. The summed E-state index contributed by atoms with van der Waals surface area (Å²) < 4.78 is 2.08. The van der Waals surface area contributed by atoms with Crippen molar-refractivity contribution in [2.75, 3.05) is 0 Å². The number of aryl methyl sites for hydroxylation is 1. The van der Waals surface area contributed by atoms with E-state index in [0.29, 0.717) is 15.8 Å². The van der Waals surface area contributed by atoms with Gasteiger partial charge in [0.05, 0.1) is 4.88 Å². The zero-order valence-corrected chi connectivity index (χ0v) is 17.5. The number of benzene rings is 2. The summed E-state index contributed by atoms with van der Waals surface area (Å²) in [4.78, 5) is 1.07. The number of aromatic nitrogens is 3. The maximum atomic E-state index is 6.32. The lowest BCUT2D eigenvalue weighted by molar-refractivity contribution is 0.886. The van der Waals surface area contributed by atoms with Crippen LogP contribution in [0.3, 0.4) is 0 Å². The highest BCUT2D eigenvalue weighted by Crippen LogP contribution is 2.34. The number of hydrogen-bond donors (Lipinski definition) is 0. The predicted octanol–water partition coefficient (Wildman–Crippen LogP) is 6.90. The van der Waals surface area contributed by atoms with Gasteiger partial charge in [-0.05, 0) is 48.2 Å². The van der Waals surface area contributed by atoms with Crippen LogP contribution in [-0.2, 0) is 5.75 Å². The van der Waals surface area contributed by atoms with Crippen LogP contribution in [0.2, 0.25) is 10.0 Å². The molecule has 2 aromatic heterocycles. The Hall–Kier alpha value is -1.79. The van der Waals surface area contributed by atoms with E-state index >= 15 is 0 Å². The molecule has 0 saturated heterocycles. The molecule has 4 rings (SSSR count). The van der Waals surface area contributed by atoms with Gasteiger partial charge in [-0.1, -0.05) is 64.8 Å². The quantitative estimate of drug-likeness (QED) is 0.321. The van der Waals surface area contributed by atoms with Gasteiger partial charge in [-0.3, -0.25) is 4.57 Å². The molecule has 0 saturated carbocycles. The first-order valence-corrected chi connectivity index (χ1v) is 10.9. The molecule has 2 aromatic carbocycles. The normalized spacial score (nSPS) is 11.1. The molecule has 0 amide bonds. The molecule has 2 heterocycles. The van der Waals surface area contributed by atoms with Gasteiger partial charge in [0.25, 0.3) is 0 Å². The van der Waals surface area contributed by atoms with Gasteiger partial charge in [-0.2, -0.15) is 0 Å². The lowest BCUT2D eigenvalue weighted by Gasteiger charge is -2.11. The topological polar surface area (TPSA) is 30.7 Å². The fraction of sp³-hybridized carbons (Fsp3) is 0.100. The molecule has 3 nitrogen and oxygen atoms in total. The number of rotatable bonds is 5. The number of hydrogen-bond acceptors (Lipinski definition) is 4. The Kier molecular flexibility index (Phi) is 5.55. The molecule has 4 aromatic rings. The second-order valence-electron chi connectivity index (χ2n) is 5.94. The van der Waals surface area contributed by atoms with Crippen LogP contribution in [0.4, 0.5) is 0 Å². The maximum absolute atomic E-state index is 6.32. The first-order valence-electron chi connectivity index (χ1n) is 8.25. The third kappa shape index (κ3) is 3.92. The SMILES string of the molecule is Cc1ccc(-n2c(SCc3c(Cl)cccc3Cl)nnc2-c2cccs2)cc1. The molecule has 7 heteroatoms. The minimum absolute atomic E-state index is 0.618. The van der Waals surface area contributed by atoms with Crippen molar-refractivity contribution in [1.29, 1.82) is 0 Å². The van der Waals surface area contributed by atoms with Crippen LogP contribution in [0, 0.1) is 6.92 Å². The van der Waals surface area contributed by atoms with Gasteiger partial charge in [0.1, 0.15) is 0 Å². The molecule has 0 spiro atoms. The first-order chi connectivity index (χ1) is 13.1. The van der Waals surface area contributed by atoms with E-state index in [1.165, 1.54) is 5.56 Å². The molecular weight excluding hydrogens is 417 g/mol. The summed E-state index contributed by atoms with van der Waals surface area (Å²) in [6.45, 7) is 2.07. The van der Waals surface area contributed by atoms with E-state index in [1.54, 1.807) is 23.1 Å². The molecule has 0 fully saturated rings. The molecule has 0 atom stereocenters. The van der Waals surface area contributed by atoms with Crippen molar-refractivity contribution >= 4 is 46.3 Å². The zero-order chi connectivity index (χ0) is 18.8. The zero-order valence-electron chi connectivity index (χ0n) is 14.4. The molecule has 0 aliphatic carbocycles. The molecule has 0 unspecified atom stereocenters. The van der Waals surface area contributed by atoms with Crippen molar-refractivity contribution in [3.05, 3.63) is 81.1 Å². The van der Waals surface area contributed by atoms with Crippen molar-refractivity contribution in [2.45, 2.75) is 17.8 Å². The lowest BCUT2D eigenvalue weighted by Crippen LogP contribution is -1.99. The minimum Gasteiger partial charge on any atom is -0.269 e. The largest absolute Gasteiger partial charge is 0.269 e. The molecule has 27 heavy (non-hydrogen) atoms. The van der Waals surface area contributed by atoms with Crippen LogP contribution in [0.5, 0.6) is 0 Å². The second kappa shape index (κ2) is 8.07. The third-order valence-electron chi connectivity index (χ3n) is 4.07. The molecule has 0 aliphatic heterocycles. The Labute approximate surface area is 176 Å². The molecule has 0 N–H and O–H groups in total. The maximum Gasteiger partial charge on any atom is 0.196 e. The number of thioether (sulfide) groups is 1. The van der Waals surface area contributed by atoms with Gasteiger partial charge in [-0.25, -0.2) is 0 Å². The van der Waals surface area contributed by atoms with E-state index in [9.17, 15) is 0 Å². The fourth-order valence-electron chi connectivity index (χ4n) is 2.66. The third-order valence-corrected chi connectivity index (χ3v) is 6.60. The van der Waals surface area contributed by atoms with Crippen LogP contribution < -0.4 is 0 Å². The Morgan fingerprint density at radius 2 is 1.70 bits per heavy atom. The van der Waals surface area contributed by atoms with Crippen molar-refractivity contribution in [2.24, 2.45) is 0 Å². The van der Waals surface area contributed by atoms with Gasteiger partial charge in [0.2, 0.25) is 0 Å². The van der Waals surface area contributed by atoms with E-state index in [0.717, 1.165) is 27.1 Å². The summed E-state index contributed by atoms with van der Waals surface area (Å²) in [5.74, 6) is 1.45. The number of halogens is 2. The number of nitrogens with zero attached hydrogens (tertiary/aromatic N) is 3. The van der Waals surface area contributed by atoms with Crippen molar-refractivity contribution < 1.29 is 0 Å². The van der Waals surface area contributed by atoms with Crippen LogP contribution in [0.1, 0.15) is 11.1 Å². The van der Waals surface area contributed by atoms with Crippen LogP contribution in [-0.4, -0.2) is 14.8 Å². The van der Waals surface area contributed by atoms with Gasteiger partial charge in [0, 0.05) is 21.5 Å². The Morgan fingerprint density at radius 3 is 2.37 bits per heavy atom. The molecular formula is C20H15Cl2N3S2. The number of thiophene rings is 1. The smallest absolute Gasteiger partial charge is 0.196 e. The Bertz CT molecular complexity index is 1040. The highest BCUT2D eigenvalue weighted by molar-refractivity contribution is 7.98. The first kappa shape index (κ1) is 18.6. The lowest BCUT2D eigenvalue weighted by atomic mass is 10.2. The van der Waals surface area contributed by atoms with Gasteiger partial charge in [-0.15, -0.1) is 21.5 Å². The second-order valence-corrected chi connectivity index (χ2v) is 8.65. The molecule has 0 bridgehead atoms. The van der Waals surface area contributed by atoms with Gasteiger partial charge < -0.3 is 0 Å². The Balaban J connectivity index is 1.73. The summed E-state index contributed by atoms with van der Waals surface area (Å²) >= 11 is 15.9.